The number of carbonyl (C=O) groups is 5. The van der Waals surface area contributed by atoms with Crippen molar-refractivity contribution in [2.75, 3.05) is 39.3 Å². The Hall–Kier alpha value is -2.53. The summed E-state index contributed by atoms with van der Waals surface area (Å²) < 4.78 is 0. The van der Waals surface area contributed by atoms with Crippen molar-refractivity contribution in [3.8, 4) is 0 Å². The fourth-order valence-electron chi connectivity index (χ4n) is 5.39. The molecule has 2 unspecified atom stereocenters. The number of rotatable bonds is 12. The predicted octanol–water partition coefficient (Wildman–Crippen LogP) is 0.971. The standard InChI is InChI=1S/C26H43N5O6/c1-19-4-3-5-20(2)30(19)18-23(33)27-13-10-22(32)28-14-17-29-15-11-21(12-16-29)6-9-26(36)37-31-24(34)7-8-25(31)35/h19-21H,3-18H2,1-2H3,(H,27,33)(H,28,32). The maximum atomic E-state index is 12.3. The number of hydrogen-bond donors (Lipinski definition) is 2. The minimum Gasteiger partial charge on any atom is -0.355 e. The first-order valence-electron chi connectivity index (χ1n) is 13.8. The fourth-order valence-corrected chi connectivity index (χ4v) is 5.39. The molecule has 11 heteroatoms. The number of likely N-dealkylation sites (tertiary alicyclic amines) is 2. The van der Waals surface area contributed by atoms with E-state index >= 15 is 0 Å². The number of nitrogens with zero attached hydrogens (tertiary/aromatic N) is 3. The summed E-state index contributed by atoms with van der Waals surface area (Å²) in [5, 5.41) is 6.40. The molecule has 2 N–H and O–H groups in total. The predicted molar refractivity (Wildman–Crippen MR) is 136 cm³/mol. The van der Waals surface area contributed by atoms with Gasteiger partial charge < -0.3 is 20.4 Å². The number of hydroxylamine groups is 2. The molecule has 2 atom stereocenters. The van der Waals surface area contributed by atoms with Gasteiger partial charge in [-0.1, -0.05) is 6.42 Å². The van der Waals surface area contributed by atoms with Crippen molar-refractivity contribution in [2.24, 2.45) is 5.92 Å². The summed E-state index contributed by atoms with van der Waals surface area (Å²) in [4.78, 5) is 68.9. The Kier molecular flexibility index (Phi) is 11.3. The quantitative estimate of drug-likeness (QED) is 0.364. The number of nitrogens with one attached hydrogen (secondary N) is 2. The number of amides is 4. The van der Waals surface area contributed by atoms with Gasteiger partial charge >= 0.3 is 5.97 Å². The van der Waals surface area contributed by atoms with Crippen LogP contribution in [0.5, 0.6) is 0 Å². The first kappa shape index (κ1) is 29.0. The highest BCUT2D eigenvalue weighted by atomic mass is 16.7. The van der Waals surface area contributed by atoms with Gasteiger partial charge in [-0.05, 0) is 65.0 Å². The van der Waals surface area contributed by atoms with Crippen LogP contribution in [0.4, 0.5) is 0 Å². The highest BCUT2D eigenvalue weighted by molar-refractivity contribution is 6.01. The van der Waals surface area contributed by atoms with E-state index in [9.17, 15) is 24.0 Å². The topological polar surface area (TPSA) is 128 Å². The molecule has 0 bridgehead atoms. The minimum atomic E-state index is -0.541. The largest absolute Gasteiger partial charge is 0.355 e. The van der Waals surface area contributed by atoms with Gasteiger partial charge in [0.25, 0.3) is 11.8 Å². The second-order valence-corrected chi connectivity index (χ2v) is 10.6. The van der Waals surface area contributed by atoms with Crippen LogP contribution < -0.4 is 10.6 Å². The molecule has 37 heavy (non-hydrogen) atoms. The number of carbonyl (C=O) groups excluding carboxylic acids is 5. The number of imide groups is 1. The van der Waals surface area contributed by atoms with E-state index < -0.39 is 17.8 Å². The lowest BCUT2D eigenvalue weighted by Crippen LogP contribution is -2.49. The van der Waals surface area contributed by atoms with E-state index in [0.29, 0.717) is 49.1 Å². The zero-order valence-electron chi connectivity index (χ0n) is 22.3. The molecule has 0 aliphatic carbocycles. The second kappa shape index (κ2) is 14.4. The Labute approximate surface area is 219 Å². The van der Waals surface area contributed by atoms with E-state index in [0.717, 1.165) is 45.3 Å². The fraction of sp³-hybridized carbons (Fsp3) is 0.808. The molecule has 3 aliphatic heterocycles. The van der Waals surface area contributed by atoms with Gasteiger partial charge in [-0.2, -0.15) is 0 Å². The first-order chi connectivity index (χ1) is 17.7. The summed E-state index contributed by atoms with van der Waals surface area (Å²) in [6.07, 6.45) is 6.66. The van der Waals surface area contributed by atoms with Gasteiger partial charge in [0, 0.05) is 57.4 Å². The molecule has 11 nitrogen and oxygen atoms in total. The highest BCUT2D eigenvalue weighted by Crippen LogP contribution is 2.23. The third kappa shape index (κ3) is 9.37. The molecular formula is C26H43N5O6. The number of hydrogen-bond acceptors (Lipinski definition) is 8. The Morgan fingerprint density at radius 1 is 0.865 bits per heavy atom. The van der Waals surface area contributed by atoms with Gasteiger partial charge in [0.15, 0.2) is 0 Å². The molecule has 4 amide bonds. The van der Waals surface area contributed by atoms with Gasteiger partial charge in [0.2, 0.25) is 11.8 Å². The molecule has 0 saturated carbocycles. The normalized spacial score (nSPS) is 23.8. The van der Waals surface area contributed by atoms with E-state index in [4.69, 9.17) is 4.84 Å². The average molecular weight is 522 g/mol. The molecule has 3 fully saturated rings. The molecule has 0 radical (unpaired) electrons. The molecule has 3 aliphatic rings. The third-order valence-corrected chi connectivity index (χ3v) is 7.79. The summed E-state index contributed by atoms with van der Waals surface area (Å²) in [6.45, 7) is 8.17. The van der Waals surface area contributed by atoms with Crippen molar-refractivity contribution in [3.63, 3.8) is 0 Å². The molecular weight excluding hydrogens is 478 g/mol. The van der Waals surface area contributed by atoms with Crippen molar-refractivity contribution in [1.29, 1.82) is 0 Å². The van der Waals surface area contributed by atoms with Crippen LogP contribution in [0.1, 0.15) is 78.1 Å². The summed E-state index contributed by atoms with van der Waals surface area (Å²) in [5.74, 6) is -1.16. The molecule has 3 heterocycles. The first-order valence-corrected chi connectivity index (χ1v) is 13.8. The summed E-state index contributed by atoms with van der Waals surface area (Å²) in [7, 11) is 0. The molecule has 3 saturated heterocycles. The van der Waals surface area contributed by atoms with Gasteiger partial charge in [0.05, 0.1) is 6.54 Å². The van der Waals surface area contributed by atoms with Crippen molar-refractivity contribution in [3.05, 3.63) is 0 Å². The van der Waals surface area contributed by atoms with Crippen LogP contribution in [-0.4, -0.2) is 95.8 Å². The van der Waals surface area contributed by atoms with Gasteiger partial charge in [-0.3, -0.25) is 24.1 Å². The summed E-state index contributed by atoms with van der Waals surface area (Å²) in [6, 6.07) is 0.830. The minimum absolute atomic E-state index is 0.0254. The Bertz CT molecular complexity index is 802. The van der Waals surface area contributed by atoms with Crippen LogP contribution in [0.25, 0.3) is 0 Å². The molecule has 0 spiro atoms. The van der Waals surface area contributed by atoms with Crippen molar-refractivity contribution < 1.29 is 28.8 Å². The SMILES string of the molecule is CC1CCCC(C)N1CC(=O)NCCC(=O)NCCN1CCC(CCC(=O)ON2C(=O)CCC2=O)CC1. The maximum Gasteiger partial charge on any atom is 0.333 e. The van der Waals surface area contributed by atoms with Crippen LogP contribution in [0.2, 0.25) is 0 Å². The van der Waals surface area contributed by atoms with Crippen LogP contribution >= 0.6 is 0 Å². The average Bonchev–Trinajstić information content (AvgIpc) is 3.18. The second-order valence-electron chi connectivity index (χ2n) is 10.6. The maximum absolute atomic E-state index is 12.3. The lowest BCUT2D eigenvalue weighted by molar-refractivity contribution is -0.197. The van der Waals surface area contributed by atoms with E-state index in [2.05, 4.69) is 34.3 Å². The lowest BCUT2D eigenvalue weighted by atomic mass is 9.92. The Balaban J connectivity index is 1.19. The summed E-state index contributed by atoms with van der Waals surface area (Å²) >= 11 is 0. The van der Waals surface area contributed by atoms with E-state index in [1.807, 2.05) is 0 Å². The van der Waals surface area contributed by atoms with Gasteiger partial charge in [-0.15, -0.1) is 5.06 Å². The van der Waals surface area contributed by atoms with Crippen molar-refractivity contribution in [1.82, 2.24) is 25.5 Å². The zero-order valence-corrected chi connectivity index (χ0v) is 22.3. The molecule has 0 aromatic carbocycles. The molecule has 0 aromatic rings. The molecule has 208 valence electrons. The zero-order chi connectivity index (χ0) is 26.8. The monoisotopic (exact) mass is 521 g/mol. The van der Waals surface area contributed by atoms with Gasteiger partial charge in [-0.25, -0.2) is 4.79 Å². The third-order valence-electron chi connectivity index (χ3n) is 7.79. The summed E-state index contributed by atoms with van der Waals surface area (Å²) in [5.41, 5.74) is 0. The van der Waals surface area contributed by atoms with E-state index in [1.54, 1.807) is 0 Å². The van der Waals surface area contributed by atoms with Crippen LogP contribution in [0, 0.1) is 5.92 Å². The molecule has 0 aromatic heterocycles. The smallest absolute Gasteiger partial charge is 0.333 e. The Morgan fingerprint density at radius 2 is 1.49 bits per heavy atom. The Morgan fingerprint density at radius 3 is 2.14 bits per heavy atom. The van der Waals surface area contributed by atoms with Crippen LogP contribution in [0.15, 0.2) is 0 Å². The van der Waals surface area contributed by atoms with E-state index in [1.165, 1.54) is 6.42 Å². The van der Waals surface area contributed by atoms with Crippen LogP contribution in [-0.2, 0) is 28.8 Å². The van der Waals surface area contributed by atoms with Crippen LogP contribution in [0.3, 0.4) is 0 Å². The van der Waals surface area contributed by atoms with Gasteiger partial charge in [0.1, 0.15) is 0 Å². The lowest BCUT2D eigenvalue weighted by Gasteiger charge is -2.38. The highest BCUT2D eigenvalue weighted by Gasteiger charge is 2.33. The van der Waals surface area contributed by atoms with Crippen molar-refractivity contribution >= 4 is 29.6 Å². The number of piperidine rings is 2. The van der Waals surface area contributed by atoms with E-state index in [-0.39, 0.29) is 37.5 Å². The molecule has 3 rings (SSSR count). The van der Waals surface area contributed by atoms with Crippen molar-refractivity contribution in [2.45, 2.75) is 90.1 Å².